The van der Waals surface area contributed by atoms with Gasteiger partial charge in [0.1, 0.15) is 0 Å². The fourth-order valence-electron chi connectivity index (χ4n) is 3.70. The Labute approximate surface area is 132 Å². The molecule has 0 aromatic heterocycles. The van der Waals surface area contributed by atoms with E-state index in [-0.39, 0.29) is 18.4 Å². The minimum atomic E-state index is -1.00. The highest BCUT2D eigenvalue weighted by atomic mass is 16.4. The topological polar surface area (TPSA) is 57.6 Å². The van der Waals surface area contributed by atoms with Crippen LogP contribution in [0.5, 0.6) is 0 Å². The molecule has 1 aliphatic rings. The molecule has 2 unspecified atom stereocenters. The van der Waals surface area contributed by atoms with Crippen molar-refractivity contribution in [1.82, 2.24) is 0 Å². The normalized spacial score (nSPS) is 25.1. The van der Waals surface area contributed by atoms with E-state index in [1.54, 1.807) is 11.8 Å². The van der Waals surface area contributed by atoms with Gasteiger partial charge in [-0.25, -0.2) is 0 Å². The summed E-state index contributed by atoms with van der Waals surface area (Å²) in [6.45, 7) is 9.94. The summed E-state index contributed by atoms with van der Waals surface area (Å²) in [4.78, 5) is 26.4. The summed E-state index contributed by atoms with van der Waals surface area (Å²) in [7, 11) is 0. The predicted molar refractivity (Wildman–Crippen MR) is 87.0 cm³/mol. The third-order valence-electron chi connectivity index (χ3n) is 4.81. The van der Waals surface area contributed by atoms with Crippen LogP contribution in [0, 0.1) is 31.1 Å². The minimum absolute atomic E-state index is 0.0829. The molecular weight excluding hydrogens is 278 g/mol. The number of amides is 1. The molecule has 0 saturated carbocycles. The molecule has 2 rings (SSSR count). The molecule has 0 bridgehead atoms. The van der Waals surface area contributed by atoms with Gasteiger partial charge in [-0.05, 0) is 37.3 Å². The van der Waals surface area contributed by atoms with Crippen molar-refractivity contribution in [3.63, 3.8) is 0 Å². The maximum atomic E-state index is 12.8. The van der Waals surface area contributed by atoms with Gasteiger partial charge in [-0.2, -0.15) is 0 Å². The lowest BCUT2D eigenvalue weighted by Gasteiger charge is -2.29. The zero-order chi connectivity index (χ0) is 16.7. The van der Waals surface area contributed by atoms with Crippen LogP contribution in [0.15, 0.2) is 18.2 Å². The Bertz CT molecular complexity index is 588. The first-order valence-corrected chi connectivity index (χ1v) is 7.81. The lowest BCUT2D eigenvalue weighted by Crippen LogP contribution is -2.39. The number of carbonyl (C=O) groups is 2. The Balaban J connectivity index is 2.50. The van der Waals surface area contributed by atoms with Gasteiger partial charge in [-0.1, -0.05) is 39.0 Å². The monoisotopic (exact) mass is 303 g/mol. The van der Waals surface area contributed by atoms with E-state index >= 15 is 0 Å². The number of nitrogens with zero attached hydrogens (tertiary/aromatic N) is 1. The minimum Gasteiger partial charge on any atom is -0.481 e. The molecule has 1 N–H and O–H groups in total. The van der Waals surface area contributed by atoms with Gasteiger partial charge in [0, 0.05) is 12.2 Å². The Kier molecular flexibility index (Phi) is 4.32. The van der Waals surface area contributed by atoms with Crippen molar-refractivity contribution in [3.05, 3.63) is 29.3 Å². The molecule has 0 aliphatic carbocycles. The van der Waals surface area contributed by atoms with Gasteiger partial charge in [-0.3, -0.25) is 9.59 Å². The van der Waals surface area contributed by atoms with Crippen LogP contribution in [0.4, 0.5) is 5.69 Å². The van der Waals surface area contributed by atoms with Gasteiger partial charge in [-0.15, -0.1) is 0 Å². The second-order valence-corrected chi connectivity index (χ2v) is 6.95. The molecule has 1 aliphatic heterocycles. The van der Waals surface area contributed by atoms with Crippen molar-refractivity contribution >= 4 is 17.6 Å². The van der Waals surface area contributed by atoms with Crippen molar-refractivity contribution in [2.24, 2.45) is 17.3 Å². The zero-order valence-electron chi connectivity index (χ0n) is 14.0. The molecule has 1 heterocycles. The maximum Gasteiger partial charge on any atom is 0.312 e. The van der Waals surface area contributed by atoms with E-state index in [0.717, 1.165) is 16.8 Å². The number of hydrogen-bond acceptors (Lipinski definition) is 2. The van der Waals surface area contributed by atoms with Crippen LogP contribution in [0.3, 0.4) is 0 Å². The molecule has 2 atom stereocenters. The van der Waals surface area contributed by atoms with E-state index in [0.29, 0.717) is 6.42 Å². The number of aryl methyl sites for hydroxylation is 2. The highest BCUT2D eigenvalue weighted by Gasteiger charge is 2.55. The number of carboxylic acid groups (broad SMARTS) is 1. The Morgan fingerprint density at radius 1 is 1.36 bits per heavy atom. The Morgan fingerprint density at radius 2 is 1.91 bits per heavy atom. The lowest BCUT2D eigenvalue weighted by atomic mass is 9.73. The number of carbonyl (C=O) groups excluding carboxylic acids is 1. The van der Waals surface area contributed by atoms with Crippen molar-refractivity contribution in [2.75, 3.05) is 11.4 Å². The fraction of sp³-hybridized carbons (Fsp3) is 0.556. The number of para-hydroxylation sites is 1. The first kappa shape index (κ1) is 16.5. The average molecular weight is 303 g/mol. The van der Waals surface area contributed by atoms with Crippen molar-refractivity contribution in [1.29, 1.82) is 0 Å². The van der Waals surface area contributed by atoms with Crippen molar-refractivity contribution in [2.45, 2.75) is 41.0 Å². The number of carboxylic acids is 1. The van der Waals surface area contributed by atoms with Crippen LogP contribution in [0.2, 0.25) is 0 Å². The Morgan fingerprint density at radius 3 is 2.36 bits per heavy atom. The number of anilines is 1. The molecule has 1 aromatic rings. The standard InChI is InChI=1S/C18H25NO3/c1-11(2)9-18(17(21)22)10-19(16(20)14(18)5)15-12(3)7-6-8-13(15)4/h6-8,11,14H,9-10H2,1-5H3,(H,21,22). The highest BCUT2D eigenvalue weighted by Crippen LogP contribution is 2.45. The number of aliphatic carboxylic acids is 1. The second-order valence-electron chi connectivity index (χ2n) is 6.95. The van der Waals surface area contributed by atoms with E-state index in [2.05, 4.69) is 0 Å². The first-order chi connectivity index (χ1) is 10.2. The quantitative estimate of drug-likeness (QED) is 0.927. The van der Waals surface area contributed by atoms with Crippen molar-refractivity contribution < 1.29 is 14.7 Å². The van der Waals surface area contributed by atoms with Crippen LogP contribution in [0.25, 0.3) is 0 Å². The van der Waals surface area contributed by atoms with E-state index in [4.69, 9.17) is 0 Å². The summed E-state index contributed by atoms with van der Waals surface area (Å²) in [5.74, 6) is -1.23. The summed E-state index contributed by atoms with van der Waals surface area (Å²) >= 11 is 0. The van der Waals surface area contributed by atoms with Gasteiger partial charge >= 0.3 is 5.97 Å². The molecule has 22 heavy (non-hydrogen) atoms. The predicted octanol–water partition coefficient (Wildman–Crippen LogP) is 3.40. The zero-order valence-corrected chi connectivity index (χ0v) is 14.0. The number of rotatable bonds is 4. The van der Waals surface area contributed by atoms with Crippen LogP contribution >= 0.6 is 0 Å². The van der Waals surface area contributed by atoms with Crippen LogP contribution in [-0.4, -0.2) is 23.5 Å². The highest BCUT2D eigenvalue weighted by molar-refractivity contribution is 6.03. The molecule has 1 aromatic carbocycles. The third-order valence-corrected chi connectivity index (χ3v) is 4.81. The van der Waals surface area contributed by atoms with Gasteiger partial charge in [0.05, 0.1) is 11.3 Å². The van der Waals surface area contributed by atoms with Crippen LogP contribution < -0.4 is 4.90 Å². The number of hydrogen-bond donors (Lipinski definition) is 1. The summed E-state index contributed by atoms with van der Waals surface area (Å²) in [6, 6.07) is 5.88. The van der Waals surface area contributed by atoms with Crippen LogP contribution in [-0.2, 0) is 9.59 Å². The molecule has 0 spiro atoms. The molecule has 120 valence electrons. The molecule has 1 amide bonds. The molecule has 1 fully saturated rings. The van der Waals surface area contributed by atoms with Gasteiger partial charge in [0.25, 0.3) is 0 Å². The molecule has 1 saturated heterocycles. The van der Waals surface area contributed by atoms with E-state index in [1.165, 1.54) is 0 Å². The summed E-state index contributed by atoms with van der Waals surface area (Å²) < 4.78 is 0. The van der Waals surface area contributed by atoms with Crippen molar-refractivity contribution in [3.8, 4) is 0 Å². The smallest absolute Gasteiger partial charge is 0.312 e. The van der Waals surface area contributed by atoms with Gasteiger partial charge < -0.3 is 10.0 Å². The molecule has 4 nitrogen and oxygen atoms in total. The van der Waals surface area contributed by atoms with Crippen LogP contribution in [0.1, 0.15) is 38.3 Å². The van der Waals surface area contributed by atoms with E-state index < -0.39 is 17.3 Å². The summed E-state index contributed by atoms with van der Waals surface area (Å²) in [6.07, 6.45) is 0.511. The Hall–Kier alpha value is -1.84. The summed E-state index contributed by atoms with van der Waals surface area (Å²) in [5.41, 5.74) is 1.88. The molecular formula is C18H25NO3. The largest absolute Gasteiger partial charge is 0.481 e. The third kappa shape index (κ3) is 2.51. The first-order valence-electron chi connectivity index (χ1n) is 7.81. The number of benzene rings is 1. The summed E-state index contributed by atoms with van der Waals surface area (Å²) in [5, 5.41) is 9.83. The van der Waals surface area contributed by atoms with E-state index in [9.17, 15) is 14.7 Å². The second kappa shape index (κ2) is 5.75. The maximum absolute atomic E-state index is 12.8. The molecule has 4 heteroatoms. The fourth-order valence-corrected chi connectivity index (χ4v) is 3.70. The lowest BCUT2D eigenvalue weighted by molar-refractivity contribution is -0.152. The SMILES string of the molecule is Cc1cccc(C)c1N1CC(CC(C)C)(C(=O)O)C(C)C1=O. The average Bonchev–Trinajstić information content (AvgIpc) is 2.64. The molecule has 0 radical (unpaired) electrons. The van der Waals surface area contributed by atoms with E-state index in [1.807, 2.05) is 45.9 Å². The van der Waals surface area contributed by atoms with Gasteiger partial charge in [0.2, 0.25) is 5.91 Å². The van der Waals surface area contributed by atoms with Gasteiger partial charge in [0.15, 0.2) is 0 Å².